The Morgan fingerprint density at radius 2 is 1.77 bits per heavy atom. The van der Waals surface area contributed by atoms with E-state index in [1.54, 1.807) is 6.07 Å². The molecule has 7 heteroatoms. The van der Waals surface area contributed by atoms with Gasteiger partial charge in [-0.15, -0.1) is 11.3 Å². The van der Waals surface area contributed by atoms with Gasteiger partial charge in [0.25, 0.3) is 5.91 Å². The molecule has 1 saturated carbocycles. The Labute approximate surface area is 235 Å². The summed E-state index contributed by atoms with van der Waals surface area (Å²) in [7, 11) is 0. The predicted molar refractivity (Wildman–Crippen MR) is 156 cm³/mol. The SMILES string of the molecule is CC(C)(C)c1ccc(CN2CC3C(C2)C3CN(C(=O)c2cccs2)c2ccc(N3CCOCC3)c(F)c2)cc1. The van der Waals surface area contributed by atoms with Crippen molar-refractivity contribution in [3.05, 3.63) is 81.8 Å². The lowest BCUT2D eigenvalue weighted by Gasteiger charge is -2.30. The number of hydrogen-bond donors (Lipinski definition) is 0. The molecule has 3 aliphatic rings. The molecule has 39 heavy (non-hydrogen) atoms. The average Bonchev–Trinajstić information content (AvgIpc) is 3.29. The van der Waals surface area contributed by atoms with Crippen molar-refractivity contribution in [1.82, 2.24) is 4.90 Å². The molecule has 0 bridgehead atoms. The summed E-state index contributed by atoms with van der Waals surface area (Å²) < 4.78 is 20.7. The minimum absolute atomic E-state index is 0.0377. The van der Waals surface area contributed by atoms with E-state index >= 15 is 4.39 Å². The first-order valence-corrected chi connectivity index (χ1v) is 15.0. The number of carbonyl (C=O) groups is 1. The van der Waals surface area contributed by atoms with Gasteiger partial charge in [-0.1, -0.05) is 51.1 Å². The number of likely N-dealkylation sites (tertiary alicyclic amines) is 1. The average molecular weight is 548 g/mol. The lowest BCUT2D eigenvalue weighted by Crippen LogP contribution is -2.37. The zero-order valence-corrected chi connectivity index (χ0v) is 23.9. The van der Waals surface area contributed by atoms with Crippen LogP contribution in [0.2, 0.25) is 0 Å². The number of anilines is 2. The number of benzene rings is 2. The van der Waals surface area contributed by atoms with E-state index in [1.165, 1.54) is 22.5 Å². The maximum Gasteiger partial charge on any atom is 0.268 e. The summed E-state index contributed by atoms with van der Waals surface area (Å²) in [5.74, 6) is 1.32. The maximum absolute atomic E-state index is 15.3. The van der Waals surface area contributed by atoms with Crippen molar-refractivity contribution in [2.24, 2.45) is 17.8 Å². The summed E-state index contributed by atoms with van der Waals surface area (Å²) in [6.07, 6.45) is 0. The molecule has 5 nitrogen and oxygen atoms in total. The molecule has 0 spiro atoms. The van der Waals surface area contributed by atoms with E-state index < -0.39 is 0 Å². The van der Waals surface area contributed by atoms with Crippen LogP contribution in [0.1, 0.15) is 41.6 Å². The minimum Gasteiger partial charge on any atom is -0.378 e. The van der Waals surface area contributed by atoms with Gasteiger partial charge in [0.1, 0.15) is 5.82 Å². The van der Waals surface area contributed by atoms with E-state index in [4.69, 9.17) is 4.74 Å². The van der Waals surface area contributed by atoms with E-state index in [2.05, 4.69) is 49.9 Å². The first-order chi connectivity index (χ1) is 18.8. The molecule has 1 aliphatic carbocycles. The molecule has 3 fully saturated rings. The molecule has 2 unspecified atom stereocenters. The summed E-state index contributed by atoms with van der Waals surface area (Å²) in [6, 6.07) is 18.1. The van der Waals surface area contributed by atoms with Crippen LogP contribution in [0, 0.1) is 23.6 Å². The normalized spacial score (nSPS) is 23.1. The molecular weight excluding hydrogens is 509 g/mol. The molecule has 2 aliphatic heterocycles. The Bertz CT molecular complexity index is 1290. The molecule has 3 heterocycles. The number of nitrogens with zero attached hydrogens (tertiary/aromatic N) is 3. The van der Waals surface area contributed by atoms with Crippen LogP contribution in [0.15, 0.2) is 60.0 Å². The Kier molecular flexibility index (Phi) is 7.25. The smallest absolute Gasteiger partial charge is 0.268 e. The van der Waals surface area contributed by atoms with Gasteiger partial charge in [-0.2, -0.15) is 0 Å². The van der Waals surface area contributed by atoms with Crippen molar-refractivity contribution in [3.63, 3.8) is 0 Å². The molecule has 2 atom stereocenters. The second-order valence-corrected chi connectivity index (χ2v) is 13.2. The number of amides is 1. The van der Waals surface area contributed by atoms with Crippen LogP contribution in [0.25, 0.3) is 0 Å². The zero-order chi connectivity index (χ0) is 27.1. The molecular formula is C32H38FN3O2S. The van der Waals surface area contributed by atoms with Crippen molar-refractivity contribution in [2.45, 2.75) is 32.7 Å². The van der Waals surface area contributed by atoms with Gasteiger partial charge in [0.05, 0.1) is 23.8 Å². The van der Waals surface area contributed by atoms with Gasteiger partial charge < -0.3 is 14.5 Å². The number of thiophene rings is 1. The van der Waals surface area contributed by atoms with Crippen molar-refractivity contribution in [1.29, 1.82) is 0 Å². The summed E-state index contributed by atoms with van der Waals surface area (Å²) >= 11 is 1.44. The standard InChI is InChI=1S/C32H38FN3O2S/c1-32(2,3)23-8-6-22(7-9-23)18-34-19-25-26(20-34)27(25)21-36(31(37)30-5-4-16-39-30)24-10-11-29(28(33)17-24)35-12-14-38-15-13-35/h4-11,16-17,25-27H,12-15,18-21H2,1-3H3. The lowest BCUT2D eigenvalue weighted by molar-refractivity contribution is 0.0988. The van der Waals surface area contributed by atoms with Gasteiger partial charge in [0, 0.05) is 45.0 Å². The molecule has 0 radical (unpaired) electrons. The summed E-state index contributed by atoms with van der Waals surface area (Å²) in [5, 5.41) is 1.92. The zero-order valence-electron chi connectivity index (χ0n) is 23.1. The topological polar surface area (TPSA) is 36.0 Å². The fraction of sp³-hybridized carbons (Fsp3) is 0.469. The van der Waals surface area contributed by atoms with Crippen LogP contribution in [0.5, 0.6) is 0 Å². The second-order valence-electron chi connectivity index (χ2n) is 12.3. The largest absolute Gasteiger partial charge is 0.378 e. The number of ether oxygens (including phenoxy) is 1. The number of rotatable bonds is 7. The molecule has 2 saturated heterocycles. The Morgan fingerprint density at radius 3 is 2.38 bits per heavy atom. The highest BCUT2D eigenvalue weighted by molar-refractivity contribution is 7.12. The summed E-state index contributed by atoms with van der Waals surface area (Å²) in [6.45, 7) is 13.0. The van der Waals surface area contributed by atoms with Gasteiger partial charge in [-0.3, -0.25) is 9.69 Å². The predicted octanol–water partition coefficient (Wildman–Crippen LogP) is 6.05. The number of halogens is 1. The van der Waals surface area contributed by atoms with E-state index in [0.29, 0.717) is 66.9 Å². The fourth-order valence-corrected chi connectivity index (χ4v) is 6.95. The number of hydrogen-bond acceptors (Lipinski definition) is 5. The molecule has 3 aromatic rings. The second kappa shape index (κ2) is 10.7. The van der Waals surface area contributed by atoms with Gasteiger partial charge >= 0.3 is 0 Å². The van der Waals surface area contributed by atoms with E-state index in [9.17, 15) is 4.79 Å². The van der Waals surface area contributed by atoms with Crippen molar-refractivity contribution >= 4 is 28.6 Å². The number of piperidine rings is 1. The van der Waals surface area contributed by atoms with Crippen LogP contribution in [-0.2, 0) is 16.7 Å². The molecule has 206 valence electrons. The maximum atomic E-state index is 15.3. The van der Waals surface area contributed by atoms with Gasteiger partial charge in [-0.25, -0.2) is 4.39 Å². The first kappa shape index (κ1) is 26.5. The first-order valence-electron chi connectivity index (χ1n) is 14.1. The third-order valence-corrected chi connectivity index (χ3v) is 9.50. The van der Waals surface area contributed by atoms with Crippen molar-refractivity contribution < 1.29 is 13.9 Å². The quantitative estimate of drug-likeness (QED) is 0.361. The Morgan fingerprint density at radius 1 is 1.05 bits per heavy atom. The molecule has 1 aromatic heterocycles. The van der Waals surface area contributed by atoms with Crippen molar-refractivity contribution in [3.8, 4) is 0 Å². The van der Waals surface area contributed by atoms with Crippen molar-refractivity contribution in [2.75, 3.05) is 55.7 Å². The van der Waals surface area contributed by atoms with Crippen LogP contribution in [0.3, 0.4) is 0 Å². The monoisotopic (exact) mass is 547 g/mol. The van der Waals surface area contributed by atoms with E-state index in [1.807, 2.05) is 39.4 Å². The summed E-state index contributed by atoms with van der Waals surface area (Å²) in [5.41, 5.74) is 4.11. The lowest BCUT2D eigenvalue weighted by atomic mass is 9.87. The summed E-state index contributed by atoms with van der Waals surface area (Å²) in [4.78, 5) is 20.6. The minimum atomic E-state index is -0.280. The number of fused-ring (bicyclic) bond motifs is 1. The third kappa shape index (κ3) is 5.63. The van der Waals surface area contributed by atoms with Gasteiger partial charge in [0.2, 0.25) is 0 Å². The van der Waals surface area contributed by atoms with Gasteiger partial charge in [0.15, 0.2) is 0 Å². The number of morpholine rings is 1. The molecule has 1 amide bonds. The third-order valence-electron chi connectivity index (χ3n) is 8.64. The highest BCUT2D eigenvalue weighted by Crippen LogP contribution is 2.52. The highest BCUT2D eigenvalue weighted by Gasteiger charge is 2.56. The van der Waals surface area contributed by atoms with E-state index in [-0.39, 0.29) is 17.1 Å². The highest BCUT2D eigenvalue weighted by atomic mass is 32.1. The van der Waals surface area contributed by atoms with Crippen LogP contribution < -0.4 is 9.80 Å². The Balaban J connectivity index is 1.13. The Hall–Kier alpha value is -2.74. The van der Waals surface area contributed by atoms with Gasteiger partial charge in [-0.05, 0) is 63.9 Å². The molecule has 6 rings (SSSR count). The van der Waals surface area contributed by atoms with Crippen LogP contribution in [0.4, 0.5) is 15.8 Å². The van der Waals surface area contributed by atoms with Crippen LogP contribution >= 0.6 is 11.3 Å². The number of carbonyl (C=O) groups excluding carboxylic acids is 1. The molecule has 0 N–H and O–H groups in total. The fourth-order valence-electron chi connectivity index (χ4n) is 6.28. The van der Waals surface area contributed by atoms with E-state index in [0.717, 1.165) is 19.6 Å². The molecule has 2 aromatic carbocycles. The van der Waals surface area contributed by atoms with Crippen LogP contribution in [-0.4, -0.2) is 56.7 Å².